The van der Waals surface area contributed by atoms with E-state index < -0.39 is 5.67 Å². The van der Waals surface area contributed by atoms with Crippen molar-refractivity contribution >= 4 is 0 Å². The summed E-state index contributed by atoms with van der Waals surface area (Å²) in [5.41, 5.74) is 4.29. The zero-order chi connectivity index (χ0) is 7.90. The summed E-state index contributed by atoms with van der Waals surface area (Å²) in [6, 6.07) is 0.0325. The number of nitrogens with two attached hydrogens (primary N) is 1. The second kappa shape index (κ2) is 2.21. The van der Waals surface area contributed by atoms with Gasteiger partial charge in [0.2, 0.25) is 0 Å². The van der Waals surface area contributed by atoms with Crippen molar-refractivity contribution in [3.63, 3.8) is 0 Å². The van der Waals surface area contributed by atoms with Gasteiger partial charge in [-0.2, -0.15) is 0 Å². The number of allylic oxidation sites excluding steroid dienone is 1. The van der Waals surface area contributed by atoms with Crippen LogP contribution in [0.5, 0.6) is 0 Å². The van der Waals surface area contributed by atoms with Crippen LogP contribution >= 0.6 is 0 Å². The fourth-order valence-electron chi connectivity index (χ4n) is 1.70. The maximum atomic E-state index is 13.6. The van der Waals surface area contributed by atoms with Gasteiger partial charge in [0.05, 0.1) is 6.61 Å². The van der Waals surface area contributed by atoms with E-state index in [9.17, 15) is 4.39 Å². The molecule has 0 aromatic carbocycles. The second-order valence-electron chi connectivity index (χ2n) is 3.34. The van der Waals surface area contributed by atoms with Crippen molar-refractivity contribution in [2.75, 3.05) is 6.61 Å². The van der Waals surface area contributed by atoms with Gasteiger partial charge in [-0.25, -0.2) is 4.39 Å². The highest BCUT2D eigenvalue weighted by atomic mass is 19.1. The quantitative estimate of drug-likeness (QED) is 0.619. The van der Waals surface area contributed by atoms with Crippen molar-refractivity contribution in [2.45, 2.75) is 31.0 Å². The Kier molecular flexibility index (Phi) is 1.42. The van der Waals surface area contributed by atoms with Crippen LogP contribution in [0.25, 0.3) is 0 Å². The van der Waals surface area contributed by atoms with Gasteiger partial charge in [0.25, 0.3) is 0 Å². The number of halogens is 1. The van der Waals surface area contributed by atoms with Gasteiger partial charge >= 0.3 is 0 Å². The molecule has 3 heteroatoms. The molecule has 1 aliphatic heterocycles. The minimum absolute atomic E-state index is 0.0325. The molecule has 0 aromatic rings. The summed E-state index contributed by atoms with van der Waals surface area (Å²) in [5.74, 6) is 0.527. The normalized spacial score (nSPS) is 42.7. The molecule has 11 heavy (non-hydrogen) atoms. The summed E-state index contributed by atoms with van der Waals surface area (Å²) in [6.07, 6.45) is 3.54. The molecule has 1 heterocycles. The van der Waals surface area contributed by atoms with Crippen molar-refractivity contribution < 1.29 is 9.13 Å². The van der Waals surface area contributed by atoms with Gasteiger partial charge in [0.15, 0.2) is 5.67 Å². The monoisotopic (exact) mass is 157 g/mol. The summed E-state index contributed by atoms with van der Waals surface area (Å²) < 4.78 is 18.7. The van der Waals surface area contributed by atoms with Gasteiger partial charge in [0.1, 0.15) is 5.76 Å². The highest BCUT2D eigenvalue weighted by Gasteiger charge is 2.48. The lowest BCUT2D eigenvalue weighted by atomic mass is 9.76. The van der Waals surface area contributed by atoms with Crippen molar-refractivity contribution in [3.05, 3.63) is 11.8 Å². The molecule has 2 rings (SSSR count). The lowest BCUT2D eigenvalue weighted by molar-refractivity contribution is 0.0220. The molecule has 1 aliphatic carbocycles. The molecular formula is C8H12FNO. The minimum atomic E-state index is -1.21. The standard InChI is InChI=1S/C8H12FNO/c9-8(4-6(10)5-8)7-2-1-3-11-7/h2,6H,1,3-5,10H2. The Morgan fingerprint density at radius 1 is 1.64 bits per heavy atom. The maximum absolute atomic E-state index is 13.6. The molecule has 0 atom stereocenters. The van der Waals surface area contributed by atoms with Crippen molar-refractivity contribution in [1.29, 1.82) is 0 Å². The van der Waals surface area contributed by atoms with E-state index >= 15 is 0 Å². The summed E-state index contributed by atoms with van der Waals surface area (Å²) >= 11 is 0. The van der Waals surface area contributed by atoms with Crippen molar-refractivity contribution in [3.8, 4) is 0 Å². The van der Waals surface area contributed by atoms with Crippen LogP contribution in [-0.4, -0.2) is 18.3 Å². The first kappa shape index (κ1) is 7.10. The van der Waals surface area contributed by atoms with E-state index in [0.717, 1.165) is 6.42 Å². The van der Waals surface area contributed by atoms with E-state index in [4.69, 9.17) is 10.5 Å². The van der Waals surface area contributed by atoms with Gasteiger partial charge in [-0.1, -0.05) is 0 Å². The summed E-state index contributed by atoms with van der Waals surface area (Å²) in [4.78, 5) is 0. The summed E-state index contributed by atoms with van der Waals surface area (Å²) in [7, 11) is 0. The van der Waals surface area contributed by atoms with Crippen molar-refractivity contribution in [1.82, 2.24) is 0 Å². The number of rotatable bonds is 1. The molecule has 2 N–H and O–H groups in total. The summed E-state index contributed by atoms with van der Waals surface area (Å²) in [5, 5.41) is 0. The van der Waals surface area contributed by atoms with E-state index in [1.54, 1.807) is 0 Å². The molecule has 0 radical (unpaired) electrons. The van der Waals surface area contributed by atoms with E-state index in [-0.39, 0.29) is 6.04 Å². The molecule has 2 aliphatic rings. The largest absolute Gasteiger partial charge is 0.495 e. The predicted octanol–water partition coefficient (Wildman–Crippen LogP) is 1.12. The van der Waals surface area contributed by atoms with Gasteiger partial charge < -0.3 is 10.5 Å². The summed E-state index contributed by atoms with van der Waals surface area (Å²) in [6.45, 7) is 0.635. The molecule has 0 aromatic heterocycles. The Labute approximate surface area is 65.2 Å². The fraction of sp³-hybridized carbons (Fsp3) is 0.750. The zero-order valence-electron chi connectivity index (χ0n) is 6.35. The first-order valence-corrected chi connectivity index (χ1v) is 3.99. The topological polar surface area (TPSA) is 35.2 Å². The molecule has 0 bridgehead atoms. The Balaban J connectivity index is 2.04. The SMILES string of the molecule is NC1CC(F)(C2=CCCO2)C1. The molecule has 0 unspecified atom stereocenters. The molecule has 1 fully saturated rings. The zero-order valence-corrected chi connectivity index (χ0v) is 6.35. The van der Waals surface area contributed by atoms with Crippen LogP contribution in [-0.2, 0) is 4.74 Å². The highest BCUT2D eigenvalue weighted by Crippen LogP contribution is 2.43. The van der Waals surface area contributed by atoms with Crippen LogP contribution in [0.1, 0.15) is 19.3 Å². The van der Waals surface area contributed by atoms with Crippen LogP contribution in [0, 0.1) is 0 Å². The number of hydrogen-bond acceptors (Lipinski definition) is 2. The van der Waals surface area contributed by atoms with Crippen LogP contribution in [0.4, 0.5) is 4.39 Å². The highest BCUT2D eigenvalue weighted by molar-refractivity contribution is 5.20. The van der Waals surface area contributed by atoms with Gasteiger partial charge in [-0.05, 0) is 6.08 Å². The predicted molar refractivity (Wildman–Crippen MR) is 39.7 cm³/mol. The average Bonchev–Trinajstić information content (AvgIpc) is 2.34. The third-order valence-corrected chi connectivity index (χ3v) is 2.32. The Bertz CT molecular complexity index is 196. The molecule has 0 spiro atoms. The number of ether oxygens (including phenoxy) is 1. The van der Waals surface area contributed by atoms with Gasteiger partial charge in [-0.15, -0.1) is 0 Å². The van der Waals surface area contributed by atoms with Crippen LogP contribution in [0.2, 0.25) is 0 Å². The maximum Gasteiger partial charge on any atom is 0.170 e. The molecule has 1 saturated carbocycles. The Hall–Kier alpha value is -0.570. The average molecular weight is 157 g/mol. The third kappa shape index (κ3) is 1.03. The first-order valence-electron chi connectivity index (χ1n) is 3.99. The molecular weight excluding hydrogens is 145 g/mol. The first-order chi connectivity index (χ1) is 5.21. The fourth-order valence-corrected chi connectivity index (χ4v) is 1.70. The van der Waals surface area contributed by atoms with Crippen molar-refractivity contribution in [2.24, 2.45) is 5.73 Å². The molecule has 2 nitrogen and oxygen atoms in total. The van der Waals surface area contributed by atoms with Gasteiger partial charge in [-0.3, -0.25) is 0 Å². The van der Waals surface area contributed by atoms with E-state index in [2.05, 4.69) is 0 Å². The van der Waals surface area contributed by atoms with E-state index in [0.29, 0.717) is 25.2 Å². The van der Waals surface area contributed by atoms with E-state index in [1.165, 1.54) is 0 Å². The second-order valence-corrected chi connectivity index (χ2v) is 3.34. The Morgan fingerprint density at radius 2 is 2.36 bits per heavy atom. The smallest absolute Gasteiger partial charge is 0.170 e. The number of alkyl halides is 1. The lowest BCUT2D eigenvalue weighted by Crippen LogP contribution is -2.49. The van der Waals surface area contributed by atoms with E-state index in [1.807, 2.05) is 6.08 Å². The molecule has 62 valence electrons. The van der Waals surface area contributed by atoms with Crippen LogP contribution in [0.3, 0.4) is 0 Å². The van der Waals surface area contributed by atoms with Crippen LogP contribution < -0.4 is 5.73 Å². The number of hydrogen-bond donors (Lipinski definition) is 1. The third-order valence-electron chi connectivity index (χ3n) is 2.32. The minimum Gasteiger partial charge on any atom is -0.495 e. The Morgan fingerprint density at radius 3 is 2.82 bits per heavy atom. The molecule has 0 saturated heterocycles. The lowest BCUT2D eigenvalue weighted by Gasteiger charge is -2.39. The van der Waals surface area contributed by atoms with Gasteiger partial charge in [0, 0.05) is 25.3 Å². The van der Waals surface area contributed by atoms with Crippen LogP contribution in [0.15, 0.2) is 11.8 Å². The molecule has 0 amide bonds.